The zero-order valence-electron chi connectivity index (χ0n) is 8.25. The van der Waals surface area contributed by atoms with Crippen molar-refractivity contribution in [2.45, 2.75) is 12.2 Å². The first kappa shape index (κ1) is 12.0. The van der Waals surface area contributed by atoms with Crippen LogP contribution in [-0.4, -0.2) is 29.0 Å². The normalized spacial score (nSPS) is 14.2. The van der Waals surface area contributed by atoms with E-state index in [-0.39, 0.29) is 6.54 Å². The Labute approximate surface area is 85.2 Å². The van der Waals surface area contributed by atoms with Crippen molar-refractivity contribution in [2.24, 2.45) is 12.8 Å². The topological polar surface area (TPSA) is 55.9 Å². The molecule has 0 saturated heterocycles. The number of aromatic nitrogens is 2. The molecule has 0 fully saturated rings. The second-order valence-corrected chi connectivity index (χ2v) is 3.23. The Bertz CT molecular complexity index is 307. The molecule has 0 aliphatic rings. The summed E-state index contributed by atoms with van der Waals surface area (Å²) in [5.41, 5.74) is 6.03. The molecule has 1 heterocycles. The first-order valence-corrected chi connectivity index (χ1v) is 4.41. The Morgan fingerprint density at radius 1 is 1.60 bits per heavy atom. The van der Waals surface area contributed by atoms with Gasteiger partial charge in [0.2, 0.25) is 0 Å². The third kappa shape index (κ3) is 3.88. The van der Waals surface area contributed by atoms with E-state index in [4.69, 9.17) is 5.73 Å². The molecule has 1 unspecified atom stereocenters. The minimum atomic E-state index is -4.23. The van der Waals surface area contributed by atoms with Crippen LogP contribution >= 0.6 is 0 Å². The van der Waals surface area contributed by atoms with Crippen LogP contribution in [0.3, 0.4) is 0 Å². The van der Waals surface area contributed by atoms with Crippen LogP contribution in [0.25, 0.3) is 0 Å². The number of nitrogens with two attached hydrogens (primary N) is 1. The summed E-state index contributed by atoms with van der Waals surface area (Å²) in [6.45, 7) is -0.953. The van der Waals surface area contributed by atoms with Gasteiger partial charge < -0.3 is 11.1 Å². The molecule has 0 bridgehead atoms. The summed E-state index contributed by atoms with van der Waals surface area (Å²) < 4.78 is 37.4. The molecule has 1 aromatic heterocycles. The van der Waals surface area contributed by atoms with E-state index >= 15 is 0 Å². The van der Waals surface area contributed by atoms with Crippen molar-refractivity contribution >= 4 is 0 Å². The minimum Gasteiger partial charge on any atom is -0.329 e. The third-order valence-electron chi connectivity index (χ3n) is 1.91. The molecule has 1 atom stereocenters. The first-order valence-electron chi connectivity index (χ1n) is 4.41. The van der Waals surface area contributed by atoms with E-state index in [1.807, 2.05) is 0 Å². The maximum absolute atomic E-state index is 11.9. The van der Waals surface area contributed by atoms with Crippen molar-refractivity contribution in [3.05, 3.63) is 18.0 Å². The van der Waals surface area contributed by atoms with Gasteiger partial charge in [0.25, 0.3) is 0 Å². The van der Waals surface area contributed by atoms with E-state index < -0.39 is 18.8 Å². The van der Waals surface area contributed by atoms with Gasteiger partial charge in [0, 0.05) is 31.4 Å². The van der Waals surface area contributed by atoms with Gasteiger partial charge in [0.1, 0.15) is 0 Å². The van der Waals surface area contributed by atoms with Crippen LogP contribution in [0.15, 0.2) is 12.4 Å². The summed E-state index contributed by atoms with van der Waals surface area (Å²) in [4.78, 5) is 0. The molecule has 0 aromatic carbocycles. The SMILES string of the molecule is Cn1cc(C(CN)NCC(F)(F)F)cn1. The van der Waals surface area contributed by atoms with Crippen molar-refractivity contribution in [1.82, 2.24) is 15.1 Å². The fourth-order valence-electron chi connectivity index (χ4n) is 1.20. The largest absolute Gasteiger partial charge is 0.401 e. The van der Waals surface area contributed by atoms with E-state index in [0.717, 1.165) is 0 Å². The fraction of sp³-hybridized carbons (Fsp3) is 0.625. The molecule has 4 nitrogen and oxygen atoms in total. The summed E-state index contributed by atoms with van der Waals surface area (Å²) in [5, 5.41) is 6.21. The van der Waals surface area contributed by atoms with Gasteiger partial charge in [-0.3, -0.25) is 4.68 Å². The number of nitrogens with one attached hydrogen (secondary N) is 1. The fourth-order valence-corrected chi connectivity index (χ4v) is 1.20. The summed E-state index contributed by atoms with van der Waals surface area (Å²) in [7, 11) is 1.70. The van der Waals surface area contributed by atoms with Crippen LogP contribution in [0.2, 0.25) is 0 Å². The summed E-state index contributed by atoms with van der Waals surface area (Å²) in [6, 6.07) is -0.514. The standard InChI is InChI=1S/C8H13F3N4/c1-15-4-6(3-14-15)7(2-12)13-5-8(9,10)11/h3-4,7,13H,2,5,12H2,1H3. The van der Waals surface area contributed by atoms with Crippen LogP contribution in [0, 0.1) is 0 Å². The Morgan fingerprint density at radius 3 is 2.67 bits per heavy atom. The van der Waals surface area contributed by atoms with E-state index in [9.17, 15) is 13.2 Å². The molecule has 0 amide bonds. The molecule has 0 radical (unpaired) electrons. The van der Waals surface area contributed by atoms with E-state index in [2.05, 4.69) is 10.4 Å². The Morgan fingerprint density at radius 2 is 2.27 bits per heavy atom. The monoisotopic (exact) mass is 222 g/mol. The van der Waals surface area contributed by atoms with Crippen LogP contribution in [0.4, 0.5) is 13.2 Å². The predicted molar refractivity (Wildman–Crippen MR) is 49.1 cm³/mol. The minimum absolute atomic E-state index is 0.0990. The number of hydrogen-bond donors (Lipinski definition) is 2. The Balaban J connectivity index is 2.57. The van der Waals surface area contributed by atoms with Gasteiger partial charge in [0.05, 0.1) is 12.7 Å². The van der Waals surface area contributed by atoms with Crippen LogP contribution in [0.5, 0.6) is 0 Å². The van der Waals surface area contributed by atoms with E-state index in [0.29, 0.717) is 5.56 Å². The smallest absolute Gasteiger partial charge is 0.329 e. The number of nitrogens with zero attached hydrogens (tertiary/aromatic N) is 2. The molecule has 86 valence electrons. The highest BCUT2D eigenvalue weighted by atomic mass is 19.4. The van der Waals surface area contributed by atoms with Gasteiger partial charge >= 0.3 is 6.18 Å². The number of alkyl halides is 3. The van der Waals surface area contributed by atoms with Crippen molar-refractivity contribution in [3.8, 4) is 0 Å². The quantitative estimate of drug-likeness (QED) is 0.783. The lowest BCUT2D eigenvalue weighted by Gasteiger charge is -2.16. The molecule has 1 aromatic rings. The molecule has 0 spiro atoms. The van der Waals surface area contributed by atoms with Gasteiger partial charge in [0.15, 0.2) is 0 Å². The van der Waals surface area contributed by atoms with Gasteiger partial charge in [-0.05, 0) is 0 Å². The molecule has 3 N–H and O–H groups in total. The first-order chi connectivity index (χ1) is 6.92. The number of rotatable bonds is 4. The van der Waals surface area contributed by atoms with Crippen molar-refractivity contribution in [2.75, 3.05) is 13.1 Å². The van der Waals surface area contributed by atoms with Crippen LogP contribution in [-0.2, 0) is 7.05 Å². The van der Waals surface area contributed by atoms with Crippen LogP contribution < -0.4 is 11.1 Å². The molecule has 7 heteroatoms. The van der Waals surface area contributed by atoms with Gasteiger partial charge in [-0.15, -0.1) is 0 Å². The summed E-state index contributed by atoms with van der Waals surface area (Å²) in [5.74, 6) is 0. The Kier molecular flexibility index (Phi) is 3.70. The predicted octanol–water partition coefficient (Wildman–Crippen LogP) is 0.572. The average molecular weight is 222 g/mol. The number of halogens is 3. The summed E-state index contributed by atoms with van der Waals surface area (Å²) >= 11 is 0. The van der Waals surface area contributed by atoms with Crippen LogP contribution in [0.1, 0.15) is 11.6 Å². The van der Waals surface area contributed by atoms with Crippen molar-refractivity contribution in [3.63, 3.8) is 0 Å². The third-order valence-corrected chi connectivity index (χ3v) is 1.91. The van der Waals surface area contributed by atoms with Crippen molar-refractivity contribution in [1.29, 1.82) is 0 Å². The Hall–Kier alpha value is -1.08. The zero-order valence-corrected chi connectivity index (χ0v) is 8.25. The highest BCUT2D eigenvalue weighted by Gasteiger charge is 2.28. The van der Waals surface area contributed by atoms with Gasteiger partial charge in [-0.2, -0.15) is 18.3 Å². The van der Waals surface area contributed by atoms with Gasteiger partial charge in [-0.1, -0.05) is 0 Å². The molecule has 15 heavy (non-hydrogen) atoms. The second-order valence-electron chi connectivity index (χ2n) is 3.23. The average Bonchev–Trinajstić information content (AvgIpc) is 2.51. The lowest BCUT2D eigenvalue weighted by Crippen LogP contribution is -2.35. The maximum Gasteiger partial charge on any atom is 0.401 e. The van der Waals surface area contributed by atoms with E-state index in [1.165, 1.54) is 10.9 Å². The van der Waals surface area contributed by atoms with Gasteiger partial charge in [-0.25, -0.2) is 0 Å². The lowest BCUT2D eigenvalue weighted by molar-refractivity contribution is -0.126. The molecule has 0 aliphatic carbocycles. The molecule has 1 rings (SSSR count). The molecular formula is C8H13F3N4. The highest BCUT2D eigenvalue weighted by molar-refractivity contribution is 5.10. The second kappa shape index (κ2) is 4.63. The lowest BCUT2D eigenvalue weighted by atomic mass is 10.1. The molecule has 0 aliphatic heterocycles. The number of hydrogen-bond acceptors (Lipinski definition) is 3. The number of aryl methyl sites for hydroxylation is 1. The maximum atomic E-state index is 11.9. The molecular weight excluding hydrogens is 209 g/mol. The zero-order chi connectivity index (χ0) is 11.5. The van der Waals surface area contributed by atoms with Crippen molar-refractivity contribution < 1.29 is 13.2 Å². The summed E-state index contributed by atoms with van der Waals surface area (Å²) in [6.07, 6.45) is -1.09. The molecule has 0 saturated carbocycles. The highest BCUT2D eigenvalue weighted by Crippen LogP contribution is 2.16. The van der Waals surface area contributed by atoms with E-state index in [1.54, 1.807) is 13.2 Å².